The van der Waals surface area contributed by atoms with Crippen molar-refractivity contribution in [2.24, 2.45) is 11.8 Å². The number of halogens is 1. The second-order valence-corrected chi connectivity index (χ2v) is 11.3. The fourth-order valence-corrected chi connectivity index (χ4v) is 7.71. The molecule has 0 radical (unpaired) electrons. The molecule has 9 heteroatoms. The smallest absolute Gasteiger partial charge is 0.312 e. The SMILES string of the molecule is CCOC(=O)[C@H]1[C@@H]2O[C@@]3(CC2Br)[C@@H]1C(=O)N([C@H](CO)c1ccccc1)[C@@H]3C(=O)NC1CCCCC1. The maximum atomic E-state index is 14.1. The molecular weight excluding hydrogens is 516 g/mol. The maximum Gasteiger partial charge on any atom is 0.312 e. The second-order valence-electron chi connectivity index (χ2n) is 10.1. The van der Waals surface area contributed by atoms with Gasteiger partial charge in [0.25, 0.3) is 0 Å². The topological polar surface area (TPSA) is 105 Å². The summed E-state index contributed by atoms with van der Waals surface area (Å²) in [5, 5.41) is 13.6. The molecule has 8 nitrogen and oxygen atoms in total. The lowest BCUT2D eigenvalue weighted by Crippen LogP contribution is -2.58. The minimum Gasteiger partial charge on any atom is -0.466 e. The third kappa shape index (κ3) is 4.00. The van der Waals surface area contributed by atoms with E-state index in [9.17, 15) is 19.5 Å². The van der Waals surface area contributed by atoms with Crippen LogP contribution >= 0.6 is 15.9 Å². The first kappa shape index (κ1) is 24.7. The summed E-state index contributed by atoms with van der Waals surface area (Å²) >= 11 is 3.66. The zero-order valence-corrected chi connectivity index (χ0v) is 21.5. The summed E-state index contributed by atoms with van der Waals surface area (Å²) in [7, 11) is 0. The minimum absolute atomic E-state index is 0.0483. The Morgan fingerprint density at radius 2 is 1.97 bits per heavy atom. The van der Waals surface area contributed by atoms with Crippen molar-refractivity contribution in [1.29, 1.82) is 0 Å². The molecule has 0 aromatic heterocycles. The number of hydrogen-bond donors (Lipinski definition) is 2. The molecule has 2 N–H and O–H groups in total. The molecule has 35 heavy (non-hydrogen) atoms. The normalized spacial score (nSPS) is 35.1. The maximum absolute atomic E-state index is 14.1. The summed E-state index contributed by atoms with van der Waals surface area (Å²) in [6.45, 7) is 1.58. The van der Waals surface area contributed by atoms with Crippen molar-refractivity contribution < 1.29 is 29.0 Å². The third-order valence-corrected chi connectivity index (χ3v) is 9.02. The van der Waals surface area contributed by atoms with Gasteiger partial charge in [0.05, 0.1) is 37.2 Å². The zero-order valence-electron chi connectivity index (χ0n) is 19.9. The number of carbonyl (C=O) groups excluding carboxylic acids is 3. The number of carbonyl (C=O) groups is 3. The molecule has 3 saturated heterocycles. The summed E-state index contributed by atoms with van der Waals surface area (Å²) in [6, 6.07) is 7.58. The van der Waals surface area contributed by atoms with Crippen LogP contribution in [0.1, 0.15) is 57.1 Å². The van der Waals surface area contributed by atoms with Crippen LogP contribution in [0.5, 0.6) is 0 Å². The van der Waals surface area contributed by atoms with Crippen LogP contribution < -0.4 is 5.32 Å². The second kappa shape index (κ2) is 9.82. The number of alkyl halides is 1. The van der Waals surface area contributed by atoms with E-state index in [4.69, 9.17) is 9.47 Å². The number of rotatable bonds is 7. The first-order valence-corrected chi connectivity index (χ1v) is 13.6. The number of likely N-dealkylation sites (tertiary alicyclic amines) is 1. The number of ether oxygens (including phenoxy) is 2. The predicted octanol–water partition coefficient (Wildman–Crippen LogP) is 2.48. The van der Waals surface area contributed by atoms with Crippen molar-refractivity contribution >= 4 is 33.7 Å². The molecule has 3 aliphatic heterocycles. The van der Waals surface area contributed by atoms with Crippen molar-refractivity contribution in [3.05, 3.63) is 35.9 Å². The standard InChI is InChI=1S/C26H33BrN2O6/c1-2-34-25(33)19-20-24(32)29(18(14-30)15-9-5-3-6-10-15)22(26(20)13-17(27)21(19)35-26)23(31)28-16-11-7-4-8-12-16/h3,5-6,9-10,16-22,30H,2,4,7-8,11-14H2,1H3,(H,28,31)/t17?,18-,19-,20+,21-,22-,26+/m1/s1. The number of esters is 1. The number of aliphatic hydroxyl groups excluding tert-OH is 1. The van der Waals surface area contributed by atoms with Crippen LogP contribution in [0.25, 0.3) is 0 Å². The van der Waals surface area contributed by atoms with Gasteiger partial charge in [0, 0.05) is 10.9 Å². The van der Waals surface area contributed by atoms with Crippen molar-refractivity contribution in [3.8, 4) is 0 Å². The highest BCUT2D eigenvalue weighted by atomic mass is 79.9. The molecular formula is C26H33BrN2O6. The summed E-state index contributed by atoms with van der Waals surface area (Å²) in [4.78, 5) is 42.4. The lowest BCUT2D eigenvalue weighted by molar-refractivity contribution is -0.155. The van der Waals surface area contributed by atoms with E-state index < -0.39 is 41.6 Å². The van der Waals surface area contributed by atoms with Crippen LogP contribution in [0.2, 0.25) is 0 Å². The minimum atomic E-state index is -1.16. The number of nitrogens with zero attached hydrogens (tertiary/aromatic N) is 1. The molecule has 1 aromatic carbocycles. The van der Waals surface area contributed by atoms with Crippen LogP contribution in [-0.4, -0.2) is 69.6 Å². The highest BCUT2D eigenvalue weighted by Crippen LogP contribution is 2.61. The van der Waals surface area contributed by atoms with Gasteiger partial charge in [-0.25, -0.2) is 0 Å². The number of benzene rings is 1. The van der Waals surface area contributed by atoms with E-state index in [-0.39, 0.29) is 35.9 Å². The van der Waals surface area contributed by atoms with E-state index in [0.717, 1.165) is 37.7 Å². The molecule has 1 spiro atoms. The molecule has 5 rings (SSSR count). The number of amides is 2. The van der Waals surface area contributed by atoms with Crippen LogP contribution in [-0.2, 0) is 23.9 Å². The molecule has 1 aliphatic carbocycles. The van der Waals surface area contributed by atoms with Gasteiger partial charge in [0.2, 0.25) is 11.8 Å². The Labute approximate surface area is 213 Å². The first-order valence-electron chi connectivity index (χ1n) is 12.7. The lowest BCUT2D eigenvalue weighted by Gasteiger charge is -2.38. The van der Waals surface area contributed by atoms with Crippen molar-refractivity contribution in [2.75, 3.05) is 13.2 Å². The fraction of sp³-hybridized carbons (Fsp3) is 0.654. The molecule has 2 amide bonds. The molecule has 1 unspecified atom stereocenters. The highest BCUT2D eigenvalue weighted by molar-refractivity contribution is 9.09. The molecule has 4 fully saturated rings. The molecule has 3 heterocycles. The van der Waals surface area contributed by atoms with Gasteiger partial charge in [0.1, 0.15) is 11.6 Å². The Balaban J connectivity index is 1.56. The van der Waals surface area contributed by atoms with E-state index in [1.807, 2.05) is 30.3 Å². The van der Waals surface area contributed by atoms with E-state index in [0.29, 0.717) is 6.42 Å². The van der Waals surface area contributed by atoms with Gasteiger partial charge in [-0.1, -0.05) is 65.5 Å². The average Bonchev–Trinajstić information content (AvgIpc) is 3.45. The Hall–Kier alpha value is -1.97. The van der Waals surface area contributed by atoms with Crippen LogP contribution in [0.3, 0.4) is 0 Å². The van der Waals surface area contributed by atoms with Crippen LogP contribution in [0.15, 0.2) is 30.3 Å². The number of hydrogen-bond acceptors (Lipinski definition) is 6. The van der Waals surface area contributed by atoms with Crippen molar-refractivity contribution in [2.45, 2.75) is 80.1 Å². The fourth-order valence-electron chi connectivity index (χ4n) is 6.77. The van der Waals surface area contributed by atoms with Gasteiger partial charge < -0.3 is 24.8 Å². The summed E-state index contributed by atoms with van der Waals surface area (Å²) in [6.07, 6.45) is 4.96. The van der Waals surface area contributed by atoms with Gasteiger partial charge in [0.15, 0.2) is 0 Å². The van der Waals surface area contributed by atoms with Gasteiger partial charge in [-0.15, -0.1) is 0 Å². The average molecular weight is 549 g/mol. The van der Waals surface area contributed by atoms with E-state index in [2.05, 4.69) is 21.2 Å². The summed E-state index contributed by atoms with van der Waals surface area (Å²) in [5.74, 6) is -2.72. The Kier molecular flexibility index (Phi) is 6.94. The number of nitrogens with one attached hydrogen (secondary N) is 1. The Morgan fingerprint density at radius 3 is 2.63 bits per heavy atom. The largest absolute Gasteiger partial charge is 0.466 e. The van der Waals surface area contributed by atoms with Crippen LogP contribution in [0.4, 0.5) is 0 Å². The molecule has 4 aliphatic rings. The Morgan fingerprint density at radius 1 is 1.26 bits per heavy atom. The molecule has 2 bridgehead atoms. The van der Waals surface area contributed by atoms with Gasteiger partial charge >= 0.3 is 5.97 Å². The molecule has 190 valence electrons. The molecule has 1 aromatic rings. The van der Waals surface area contributed by atoms with Crippen molar-refractivity contribution in [1.82, 2.24) is 10.2 Å². The first-order chi connectivity index (χ1) is 16.9. The van der Waals surface area contributed by atoms with Gasteiger partial charge in [-0.3, -0.25) is 14.4 Å². The van der Waals surface area contributed by atoms with E-state index in [1.165, 1.54) is 4.90 Å². The number of aliphatic hydroxyl groups is 1. The van der Waals surface area contributed by atoms with E-state index >= 15 is 0 Å². The highest BCUT2D eigenvalue weighted by Gasteiger charge is 2.77. The van der Waals surface area contributed by atoms with Gasteiger partial charge in [-0.2, -0.15) is 0 Å². The molecule has 1 saturated carbocycles. The monoisotopic (exact) mass is 548 g/mol. The third-order valence-electron chi connectivity index (χ3n) is 8.18. The summed E-state index contributed by atoms with van der Waals surface area (Å²) in [5.41, 5.74) is -0.429. The van der Waals surface area contributed by atoms with Crippen molar-refractivity contribution in [3.63, 3.8) is 0 Å². The van der Waals surface area contributed by atoms with E-state index in [1.54, 1.807) is 6.92 Å². The van der Waals surface area contributed by atoms with Crippen LogP contribution in [0, 0.1) is 11.8 Å². The quantitative estimate of drug-likeness (QED) is 0.400. The zero-order chi connectivity index (χ0) is 24.7. The number of fused-ring (bicyclic) bond motifs is 1. The summed E-state index contributed by atoms with van der Waals surface area (Å²) < 4.78 is 11.8. The molecule has 7 atom stereocenters. The predicted molar refractivity (Wildman–Crippen MR) is 130 cm³/mol. The Bertz CT molecular complexity index is 970. The van der Waals surface area contributed by atoms with Gasteiger partial charge in [-0.05, 0) is 31.7 Å². The lowest BCUT2D eigenvalue weighted by atomic mass is 9.70.